The highest BCUT2D eigenvalue weighted by atomic mass is 32.2. The summed E-state index contributed by atoms with van der Waals surface area (Å²) in [6, 6.07) is 10.1. The molecule has 0 aliphatic rings. The number of alkyl halides is 3. The molecule has 0 radical (unpaired) electrons. The van der Waals surface area contributed by atoms with Crippen molar-refractivity contribution >= 4 is 42.5 Å². The minimum atomic E-state index is -4.97. The second-order valence-electron chi connectivity index (χ2n) is 8.94. The van der Waals surface area contributed by atoms with Crippen LogP contribution in [0.15, 0.2) is 41.7 Å². The maximum atomic E-state index is 12.7. The lowest BCUT2D eigenvalue weighted by Crippen LogP contribution is -2.38. The molecular formula is C23H26F3N5O2SSi. The van der Waals surface area contributed by atoms with Gasteiger partial charge in [-0.25, -0.2) is 14.8 Å². The van der Waals surface area contributed by atoms with Crippen molar-refractivity contribution in [3.63, 3.8) is 0 Å². The van der Waals surface area contributed by atoms with E-state index in [1.54, 1.807) is 4.57 Å². The molecule has 2 aromatic heterocycles. The number of ether oxygens (including phenoxy) is 1. The molecule has 35 heavy (non-hydrogen) atoms. The van der Waals surface area contributed by atoms with E-state index in [0.717, 1.165) is 6.04 Å². The van der Waals surface area contributed by atoms with Gasteiger partial charge < -0.3 is 14.6 Å². The minimum Gasteiger partial charge on any atom is -0.371 e. The first-order chi connectivity index (χ1) is 16.5. The molecule has 0 aliphatic heterocycles. The van der Waals surface area contributed by atoms with Gasteiger partial charge in [0.25, 0.3) is 0 Å². The molecule has 186 valence electrons. The molecule has 2 heterocycles. The Hall–Kier alpha value is -2.88. The fourth-order valence-corrected chi connectivity index (χ4v) is 4.91. The van der Waals surface area contributed by atoms with Crippen LogP contribution in [0.3, 0.4) is 0 Å². The summed E-state index contributed by atoms with van der Waals surface area (Å²) in [5, 5.41) is 2.46. The molecule has 3 aromatic rings. The molecule has 1 aromatic carbocycles. The number of carbonyl (C=O) groups is 1. The van der Waals surface area contributed by atoms with Crippen LogP contribution in [0.2, 0.25) is 25.7 Å². The van der Waals surface area contributed by atoms with Gasteiger partial charge in [0.05, 0.1) is 23.7 Å². The molecule has 0 atom stereocenters. The third kappa shape index (κ3) is 6.84. The van der Waals surface area contributed by atoms with E-state index in [0.29, 0.717) is 39.9 Å². The van der Waals surface area contributed by atoms with Gasteiger partial charge in [-0.05, 0) is 11.6 Å². The van der Waals surface area contributed by atoms with Gasteiger partial charge in [0.1, 0.15) is 16.9 Å². The predicted octanol–water partition coefficient (Wildman–Crippen LogP) is 5.73. The molecular weight excluding hydrogens is 495 g/mol. The Morgan fingerprint density at radius 3 is 2.57 bits per heavy atom. The van der Waals surface area contributed by atoms with E-state index in [2.05, 4.69) is 34.5 Å². The first kappa shape index (κ1) is 26.7. The standard InChI is InChI=1S/C23H26F3N5O2SSi/c1-27-17-18-20(21(30-14-29-18)34-15-33-12-13-35(2,3)4)31(11-10-28-22(32)23(24,25)26)19(17)16-8-6-5-7-9-16/h5-9,14H,10-13,15H2,2-4H3,(H,28,32). The third-order valence-corrected chi connectivity index (χ3v) is 7.65. The lowest BCUT2D eigenvalue weighted by atomic mass is 10.1. The zero-order valence-corrected chi connectivity index (χ0v) is 21.5. The number of hydrogen-bond donors (Lipinski definition) is 1. The molecule has 12 heteroatoms. The minimum absolute atomic E-state index is 0.00448. The van der Waals surface area contributed by atoms with Gasteiger partial charge in [-0.1, -0.05) is 61.7 Å². The van der Waals surface area contributed by atoms with E-state index in [-0.39, 0.29) is 18.8 Å². The summed E-state index contributed by atoms with van der Waals surface area (Å²) in [5.74, 6) is -1.68. The lowest BCUT2D eigenvalue weighted by Gasteiger charge is -2.16. The van der Waals surface area contributed by atoms with Crippen molar-refractivity contribution in [3.8, 4) is 11.3 Å². The number of hydrogen-bond acceptors (Lipinski definition) is 5. The highest BCUT2D eigenvalue weighted by Gasteiger charge is 2.38. The van der Waals surface area contributed by atoms with Crippen LogP contribution in [0.4, 0.5) is 18.9 Å². The molecule has 0 saturated heterocycles. The highest BCUT2D eigenvalue weighted by molar-refractivity contribution is 7.99. The normalized spacial score (nSPS) is 12.0. The first-order valence-corrected chi connectivity index (χ1v) is 15.6. The van der Waals surface area contributed by atoms with E-state index in [1.807, 2.05) is 35.6 Å². The Balaban J connectivity index is 1.98. The maximum Gasteiger partial charge on any atom is 0.471 e. The highest BCUT2D eigenvalue weighted by Crippen LogP contribution is 2.41. The van der Waals surface area contributed by atoms with Gasteiger partial charge in [0.15, 0.2) is 0 Å². The average molecular weight is 522 g/mol. The van der Waals surface area contributed by atoms with Crippen LogP contribution in [-0.4, -0.2) is 53.8 Å². The summed E-state index contributed by atoms with van der Waals surface area (Å²) in [6.45, 7) is 14.9. The molecule has 0 fully saturated rings. The van der Waals surface area contributed by atoms with Crippen LogP contribution in [0.1, 0.15) is 0 Å². The fourth-order valence-electron chi connectivity index (χ4n) is 3.37. The van der Waals surface area contributed by atoms with Gasteiger partial charge in [0.2, 0.25) is 5.69 Å². The van der Waals surface area contributed by atoms with E-state index in [9.17, 15) is 18.0 Å². The number of fused-ring (bicyclic) bond motifs is 1. The predicted molar refractivity (Wildman–Crippen MR) is 133 cm³/mol. The Morgan fingerprint density at radius 2 is 1.94 bits per heavy atom. The van der Waals surface area contributed by atoms with E-state index in [4.69, 9.17) is 11.3 Å². The van der Waals surface area contributed by atoms with Crippen LogP contribution < -0.4 is 5.32 Å². The molecule has 3 rings (SSSR count). The average Bonchev–Trinajstić information content (AvgIpc) is 3.12. The second kappa shape index (κ2) is 11.2. The summed E-state index contributed by atoms with van der Waals surface area (Å²) < 4.78 is 45.5. The molecule has 0 aliphatic carbocycles. The van der Waals surface area contributed by atoms with Crippen LogP contribution in [-0.2, 0) is 16.1 Å². The Kier molecular flexibility index (Phi) is 8.58. The molecule has 1 N–H and O–H groups in total. The largest absolute Gasteiger partial charge is 0.471 e. The number of rotatable bonds is 10. The summed E-state index contributed by atoms with van der Waals surface area (Å²) >= 11 is 1.34. The molecule has 7 nitrogen and oxygen atoms in total. The van der Waals surface area contributed by atoms with Crippen molar-refractivity contribution in [3.05, 3.63) is 48.1 Å². The number of carbonyl (C=O) groups excluding carboxylic acids is 1. The molecule has 1 amide bonds. The Morgan fingerprint density at radius 1 is 1.23 bits per heavy atom. The van der Waals surface area contributed by atoms with Crippen LogP contribution >= 0.6 is 11.8 Å². The zero-order valence-electron chi connectivity index (χ0n) is 19.6. The first-order valence-electron chi connectivity index (χ1n) is 10.9. The van der Waals surface area contributed by atoms with Gasteiger partial charge in [-0.15, -0.1) is 0 Å². The van der Waals surface area contributed by atoms with Gasteiger partial charge in [0, 0.05) is 27.8 Å². The van der Waals surface area contributed by atoms with Crippen molar-refractivity contribution in [2.75, 3.05) is 19.1 Å². The summed E-state index contributed by atoms with van der Waals surface area (Å²) in [7, 11) is -1.24. The topological polar surface area (TPSA) is 73.4 Å². The number of amides is 1. The zero-order chi connectivity index (χ0) is 25.6. The van der Waals surface area contributed by atoms with E-state index >= 15 is 0 Å². The summed E-state index contributed by atoms with van der Waals surface area (Å²) in [4.78, 5) is 23.7. The number of aromatic nitrogens is 3. The van der Waals surface area contributed by atoms with Crippen molar-refractivity contribution < 1.29 is 22.7 Å². The smallest absolute Gasteiger partial charge is 0.371 e. The summed E-state index contributed by atoms with van der Waals surface area (Å²) in [5.41, 5.74) is 2.43. The number of nitrogens with one attached hydrogen (secondary N) is 1. The molecule has 0 spiro atoms. The summed E-state index contributed by atoms with van der Waals surface area (Å²) in [6.07, 6.45) is -3.61. The van der Waals surface area contributed by atoms with Crippen molar-refractivity contribution in [2.45, 2.75) is 43.4 Å². The molecule has 0 unspecified atom stereocenters. The number of nitrogens with zero attached hydrogens (tertiary/aromatic N) is 4. The van der Waals surface area contributed by atoms with Crippen LogP contribution in [0.25, 0.3) is 27.1 Å². The van der Waals surface area contributed by atoms with Gasteiger partial charge in [-0.2, -0.15) is 13.2 Å². The third-order valence-electron chi connectivity index (χ3n) is 5.09. The van der Waals surface area contributed by atoms with E-state index < -0.39 is 20.2 Å². The van der Waals surface area contributed by atoms with Gasteiger partial charge >= 0.3 is 12.1 Å². The number of benzene rings is 1. The number of thioether (sulfide) groups is 1. The Labute approximate surface area is 206 Å². The van der Waals surface area contributed by atoms with Crippen LogP contribution in [0, 0.1) is 6.57 Å². The number of halogens is 3. The quantitative estimate of drug-likeness (QED) is 0.0921. The van der Waals surface area contributed by atoms with Crippen molar-refractivity contribution in [1.29, 1.82) is 0 Å². The maximum absolute atomic E-state index is 12.7. The SMILES string of the molecule is [C-]#[N+]c1c(-c2ccccc2)n(CCNC(=O)C(F)(F)F)c2c(SCOCC[Si](C)(C)C)ncnc12. The Bertz CT molecular complexity index is 1220. The lowest BCUT2D eigenvalue weighted by molar-refractivity contribution is -0.173. The monoisotopic (exact) mass is 521 g/mol. The van der Waals surface area contributed by atoms with Gasteiger partial charge in [-0.3, -0.25) is 4.79 Å². The molecule has 0 saturated carbocycles. The molecule has 0 bridgehead atoms. The van der Waals surface area contributed by atoms with Crippen molar-refractivity contribution in [1.82, 2.24) is 19.9 Å². The fraction of sp³-hybridized carbons (Fsp3) is 0.391. The van der Waals surface area contributed by atoms with Crippen molar-refractivity contribution in [2.24, 2.45) is 0 Å². The second-order valence-corrected chi connectivity index (χ2v) is 15.5. The van der Waals surface area contributed by atoms with Crippen LogP contribution in [0.5, 0.6) is 0 Å². The van der Waals surface area contributed by atoms with E-state index in [1.165, 1.54) is 18.1 Å².